The quantitative estimate of drug-likeness (QED) is 0.925. The number of carbonyl (C=O) groups excluding carboxylic acids is 1. The Morgan fingerprint density at radius 2 is 2.00 bits per heavy atom. The highest BCUT2D eigenvalue weighted by Crippen LogP contribution is 2.12. The van der Waals surface area contributed by atoms with Crippen LogP contribution in [0.3, 0.4) is 0 Å². The summed E-state index contributed by atoms with van der Waals surface area (Å²) in [5.41, 5.74) is 1.10. The van der Waals surface area contributed by atoms with E-state index in [1.54, 1.807) is 0 Å². The molecule has 0 saturated carbocycles. The van der Waals surface area contributed by atoms with E-state index in [4.69, 9.17) is 11.6 Å². The first-order valence-corrected chi connectivity index (χ1v) is 7.81. The molecule has 4 heteroatoms. The summed E-state index contributed by atoms with van der Waals surface area (Å²) in [5.74, 6) is 0.217. The molecule has 1 N–H and O–H groups in total. The van der Waals surface area contributed by atoms with Crippen LogP contribution in [0.2, 0.25) is 5.02 Å². The first-order valence-electron chi connectivity index (χ1n) is 7.43. The molecule has 1 unspecified atom stereocenters. The highest BCUT2D eigenvalue weighted by Gasteiger charge is 2.20. The van der Waals surface area contributed by atoms with Gasteiger partial charge in [0.2, 0.25) is 5.91 Å². The number of carbonyl (C=O) groups is 1. The van der Waals surface area contributed by atoms with Gasteiger partial charge < -0.3 is 10.2 Å². The summed E-state index contributed by atoms with van der Waals surface area (Å²) in [7, 11) is 0. The van der Waals surface area contributed by atoms with Crippen LogP contribution in [0.25, 0.3) is 0 Å². The number of halogens is 1. The Balaban J connectivity index is 1.84. The molecule has 0 radical (unpaired) electrons. The van der Waals surface area contributed by atoms with Crippen molar-refractivity contribution in [3.05, 3.63) is 34.9 Å². The van der Waals surface area contributed by atoms with Gasteiger partial charge in [0.25, 0.3) is 0 Å². The first-order chi connectivity index (χ1) is 9.66. The van der Waals surface area contributed by atoms with Crippen LogP contribution in [0.15, 0.2) is 24.3 Å². The van der Waals surface area contributed by atoms with E-state index in [-0.39, 0.29) is 11.9 Å². The minimum atomic E-state index is -0.146. The number of rotatable bonds is 4. The lowest BCUT2D eigenvalue weighted by Crippen LogP contribution is -2.45. The Kier molecular flexibility index (Phi) is 5.86. The molecule has 0 aliphatic carbocycles. The summed E-state index contributed by atoms with van der Waals surface area (Å²) in [6.07, 6.45) is 4.75. The van der Waals surface area contributed by atoms with Crippen molar-refractivity contribution in [1.82, 2.24) is 10.2 Å². The summed E-state index contributed by atoms with van der Waals surface area (Å²) >= 11 is 5.96. The highest BCUT2D eigenvalue weighted by molar-refractivity contribution is 6.30. The van der Waals surface area contributed by atoms with E-state index in [9.17, 15) is 4.79 Å². The molecule has 110 valence electrons. The topological polar surface area (TPSA) is 32.3 Å². The van der Waals surface area contributed by atoms with E-state index in [0.717, 1.165) is 36.5 Å². The van der Waals surface area contributed by atoms with Gasteiger partial charge in [-0.3, -0.25) is 4.79 Å². The molecular weight excluding hydrogens is 272 g/mol. The van der Waals surface area contributed by atoms with E-state index < -0.39 is 0 Å². The van der Waals surface area contributed by atoms with E-state index in [1.807, 2.05) is 36.1 Å². The van der Waals surface area contributed by atoms with Gasteiger partial charge in [0.05, 0.1) is 6.04 Å². The van der Waals surface area contributed by atoms with Crippen LogP contribution in [-0.4, -0.2) is 29.9 Å². The molecule has 1 fully saturated rings. The van der Waals surface area contributed by atoms with Gasteiger partial charge in [-0.05, 0) is 37.5 Å². The molecule has 1 aliphatic heterocycles. The van der Waals surface area contributed by atoms with E-state index in [0.29, 0.717) is 6.54 Å². The molecule has 1 atom stereocenters. The van der Waals surface area contributed by atoms with Crippen LogP contribution in [0.1, 0.15) is 38.2 Å². The Hall–Kier alpha value is -1.06. The van der Waals surface area contributed by atoms with Crippen LogP contribution in [0.5, 0.6) is 0 Å². The second-order valence-electron chi connectivity index (χ2n) is 5.47. The zero-order valence-electron chi connectivity index (χ0n) is 12.1. The minimum Gasteiger partial charge on any atom is -0.341 e. The van der Waals surface area contributed by atoms with Gasteiger partial charge in [-0.1, -0.05) is 36.6 Å². The molecule has 1 aromatic rings. The van der Waals surface area contributed by atoms with Gasteiger partial charge >= 0.3 is 0 Å². The third-order valence-electron chi connectivity index (χ3n) is 3.79. The maximum Gasteiger partial charge on any atom is 0.239 e. The fourth-order valence-electron chi connectivity index (χ4n) is 2.57. The van der Waals surface area contributed by atoms with Crippen molar-refractivity contribution in [3.63, 3.8) is 0 Å². The Morgan fingerprint density at radius 1 is 1.30 bits per heavy atom. The second kappa shape index (κ2) is 7.65. The molecule has 3 nitrogen and oxygen atoms in total. The lowest BCUT2D eigenvalue weighted by Gasteiger charge is -2.24. The molecule has 1 aliphatic rings. The summed E-state index contributed by atoms with van der Waals surface area (Å²) in [4.78, 5) is 14.4. The summed E-state index contributed by atoms with van der Waals surface area (Å²) in [5, 5.41) is 4.03. The van der Waals surface area contributed by atoms with Crippen LogP contribution in [-0.2, 0) is 11.3 Å². The third kappa shape index (κ3) is 4.50. The van der Waals surface area contributed by atoms with Crippen molar-refractivity contribution >= 4 is 17.5 Å². The Labute approximate surface area is 126 Å². The van der Waals surface area contributed by atoms with Crippen molar-refractivity contribution in [2.75, 3.05) is 13.1 Å². The summed E-state index contributed by atoms with van der Waals surface area (Å²) in [6.45, 7) is 4.42. The molecule has 2 rings (SSSR count). The van der Waals surface area contributed by atoms with E-state index in [2.05, 4.69) is 5.32 Å². The van der Waals surface area contributed by atoms with Crippen molar-refractivity contribution in [3.8, 4) is 0 Å². The van der Waals surface area contributed by atoms with E-state index >= 15 is 0 Å². The molecule has 1 heterocycles. The maximum atomic E-state index is 12.4. The average Bonchev–Trinajstić information content (AvgIpc) is 2.73. The fourth-order valence-corrected chi connectivity index (χ4v) is 2.78. The number of nitrogens with zero attached hydrogens (tertiary/aromatic N) is 1. The van der Waals surface area contributed by atoms with Crippen molar-refractivity contribution < 1.29 is 4.79 Å². The van der Waals surface area contributed by atoms with Crippen LogP contribution >= 0.6 is 11.6 Å². The zero-order valence-corrected chi connectivity index (χ0v) is 12.8. The Morgan fingerprint density at radius 3 is 2.65 bits per heavy atom. The zero-order chi connectivity index (χ0) is 14.4. The van der Waals surface area contributed by atoms with Gasteiger partial charge in [-0.15, -0.1) is 0 Å². The van der Waals surface area contributed by atoms with Gasteiger partial charge in [-0.25, -0.2) is 0 Å². The normalized spacial score (nSPS) is 17.6. The predicted molar refractivity (Wildman–Crippen MR) is 82.8 cm³/mol. The van der Waals surface area contributed by atoms with Gasteiger partial charge in [0.15, 0.2) is 0 Å². The van der Waals surface area contributed by atoms with Crippen LogP contribution in [0, 0.1) is 0 Å². The molecule has 0 aromatic heterocycles. The summed E-state index contributed by atoms with van der Waals surface area (Å²) in [6, 6.07) is 7.59. The number of nitrogens with one attached hydrogen (secondary N) is 1. The maximum absolute atomic E-state index is 12.4. The SMILES string of the molecule is CC(NCc1cccc(Cl)c1)C(=O)N1CCCCCC1. The van der Waals surface area contributed by atoms with Crippen molar-refractivity contribution in [2.45, 2.75) is 45.2 Å². The van der Waals surface area contributed by atoms with E-state index in [1.165, 1.54) is 12.8 Å². The molecule has 1 aromatic carbocycles. The molecule has 1 amide bonds. The predicted octanol–water partition coefficient (Wildman–Crippen LogP) is 3.22. The minimum absolute atomic E-state index is 0.146. The highest BCUT2D eigenvalue weighted by atomic mass is 35.5. The van der Waals surface area contributed by atoms with Crippen LogP contribution in [0.4, 0.5) is 0 Å². The fraction of sp³-hybridized carbons (Fsp3) is 0.562. The second-order valence-corrected chi connectivity index (χ2v) is 5.91. The average molecular weight is 295 g/mol. The standard InChI is InChI=1S/C16H23ClN2O/c1-13(16(20)19-9-4-2-3-5-10-19)18-12-14-7-6-8-15(17)11-14/h6-8,11,13,18H,2-5,9-10,12H2,1H3. The van der Waals surface area contributed by atoms with Crippen LogP contribution < -0.4 is 5.32 Å². The lowest BCUT2D eigenvalue weighted by atomic mass is 10.2. The number of likely N-dealkylation sites (tertiary alicyclic amines) is 1. The number of benzene rings is 1. The lowest BCUT2D eigenvalue weighted by molar-refractivity contribution is -0.133. The Bertz CT molecular complexity index is 442. The van der Waals surface area contributed by atoms with Crippen molar-refractivity contribution in [2.24, 2.45) is 0 Å². The number of hydrogen-bond acceptors (Lipinski definition) is 2. The number of hydrogen-bond donors (Lipinski definition) is 1. The molecule has 20 heavy (non-hydrogen) atoms. The third-order valence-corrected chi connectivity index (χ3v) is 4.02. The van der Waals surface area contributed by atoms with Gasteiger partial charge in [0, 0.05) is 24.7 Å². The monoisotopic (exact) mass is 294 g/mol. The van der Waals surface area contributed by atoms with Gasteiger partial charge in [-0.2, -0.15) is 0 Å². The molecule has 0 spiro atoms. The summed E-state index contributed by atoms with van der Waals surface area (Å²) < 4.78 is 0. The van der Waals surface area contributed by atoms with Crippen molar-refractivity contribution in [1.29, 1.82) is 0 Å². The largest absolute Gasteiger partial charge is 0.341 e. The first kappa shape index (κ1) is 15.3. The molecule has 0 bridgehead atoms. The van der Waals surface area contributed by atoms with Gasteiger partial charge in [0.1, 0.15) is 0 Å². The molecule has 1 saturated heterocycles. The molecular formula is C16H23ClN2O. The number of amides is 1. The smallest absolute Gasteiger partial charge is 0.239 e.